The van der Waals surface area contributed by atoms with Gasteiger partial charge in [-0.05, 0) is 12.3 Å². The van der Waals surface area contributed by atoms with Crippen LogP contribution in [0.1, 0.15) is 79.1 Å². The molecule has 0 spiro atoms. The molecule has 0 aliphatic heterocycles. The fourth-order valence-electron chi connectivity index (χ4n) is 1.55. The zero-order valence-electron chi connectivity index (χ0n) is 13.4. The molecule has 0 unspecified atom stereocenters. The number of rotatable bonds is 10. The van der Waals surface area contributed by atoms with Crippen LogP contribution in [0.25, 0.3) is 0 Å². The van der Waals surface area contributed by atoms with Crippen LogP contribution in [0.3, 0.4) is 0 Å². The van der Waals surface area contributed by atoms with Crippen molar-refractivity contribution >= 4 is 6.41 Å². The molecule has 0 aliphatic carbocycles. The minimum Gasteiger partial charge on any atom is -0.348 e. The molecule has 0 aromatic carbocycles. The predicted octanol–water partition coefficient (Wildman–Crippen LogP) is 4.88. The van der Waals surface area contributed by atoms with E-state index in [0.717, 1.165) is 25.3 Å². The third-order valence-electron chi connectivity index (χ3n) is 2.54. The highest BCUT2D eigenvalue weighted by molar-refractivity contribution is 5.46. The van der Waals surface area contributed by atoms with Crippen molar-refractivity contribution in [1.29, 1.82) is 0 Å². The first-order valence-corrected chi connectivity index (χ1v) is 7.70. The Morgan fingerprint density at radius 1 is 0.889 bits per heavy atom. The van der Waals surface area contributed by atoms with Gasteiger partial charge in [0.2, 0.25) is 6.41 Å². The first-order valence-electron chi connectivity index (χ1n) is 7.70. The highest BCUT2D eigenvalue weighted by Gasteiger charge is 1.94. The van der Waals surface area contributed by atoms with E-state index in [1.807, 2.05) is 7.05 Å². The van der Waals surface area contributed by atoms with Gasteiger partial charge in [-0.25, -0.2) is 0 Å². The summed E-state index contributed by atoms with van der Waals surface area (Å²) in [6, 6.07) is 0. The highest BCUT2D eigenvalue weighted by Crippen LogP contribution is 2.08. The van der Waals surface area contributed by atoms with Gasteiger partial charge in [0.1, 0.15) is 0 Å². The molecule has 0 aromatic heterocycles. The van der Waals surface area contributed by atoms with Gasteiger partial charge in [-0.1, -0.05) is 72.6 Å². The van der Waals surface area contributed by atoms with E-state index >= 15 is 0 Å². The van der Waals surface area contributed by atoms with Gasteiger partial charge in [-0.2, -0.15) is 0 Å². The summed E-state index contributed by atoms with van der Waals surface area (Å²) in [5.74, 6) is 0.833. The number of hydrogen-bond acceptors (Lipinski definition) is 1. The molecule has 0 saturated carbocycles. The number of unbranched alkanes of at least 4 members (excludes halogenated alkanes) is 7. The standard InChI is InChI=1S/C12H25NO.C4H10/c1-3-4-5-6-7-8-9-10-11-13(2)12-14;1-4(2)3/h12H,3-11H2,1-2H3;4H,1-3H3. The van der Waals surface area contributed by atoms with Crippen LogP contribution in [0.15, 0.2) is 0 Å². The second kappa shape index (κ2) is 16.5. The Morgan fingerprint density at radius 2 is 1.28 bits per heavy atom. The Labute approximate surface area is 115 Å². The Hall–Kier alpha value is -0.530. The van der Waals surface area contributed by atoms with E-state index in [-0.39, 0.29) is 0 Å². The van der Waals surface area contributed by atoms with E-state index in [1.165, 1.54) is 44.9 Å². The van der Waals surface area contributed by atoms with Crippen LogP contribution in [0.2, 0.25) is 0 Å². The van der Waals surface area contributed by atoms with Crippen molar-refractivity contribution < 1.29 is 4.79 Å². The summed E-state index contributed by atoms with van der Waals surface area (Å²) >= 11 is 0. The molecular formula is C16H35NO. The van der Waals surface area contributed by atoms with Crippen molar-refractivity contribution in [3.63, 3.8) is 0 Å². The summed E-state index contributed by atoms with van der Waals surface area (Å²) in [5, 5.41) is 0. The molecule has 0 heterocycles. The van der Waals surface area contributed by atoms with Crippen molar-refractivity contribution in [3.05, 3.63) is 0 Å². The van der Waals surface area contributed by atoms with Crippen LogP contribution in [-0.2, 0) is 4.79 Å². The molecule has 0 saturated heterocycles. The van der Waals surface area contributed by atoms with Gasteiger partial charge in [-0.15, -0.1) is 0 Å². The van der Waals surface area contributed by atoms with Crippen molar-refractivity contribution in [1.82, 2.24) is 4.90 Å². The van der Waals surface area contributed by atoms with Gasteiger partial charge in [-0.3, -0.25) is 4.79 Å². The molecule has 1 amide bonds. The number of nitrogens with zero attached hydrogens (tertiary/aromatic N) is 1. The molecule has 0 N–H and O–H groups in total. The molecule has 0 aliphatic rings. The largest absolute Gasteiger partial charge is 0.348 e. The smallest absolute Gasteiger partial charge is 0.209 e. The highest BCUT2D eigenvalue weighted by atomic mass is 16.1. The molecule has 0 fully saturated rings. The molecule has 18 heavy (non-hydrogen) atoms. The molecular weight excluding hydrogens is 222 g/mol. The maximum absolute atomic E-state index is 10.3. The second-order valence-corrected chi connectivity index (χ2v) is 5.79. The minimum atomic E-state index is 0.833. The van der Waals surface area contributed by atoms with Gasteiger partial charge in [0.25, 0.3) is 0 Å². The summed E-state index contributed by atoms with van der Waals surface area (Å²) in [5.41, 5.74) is 0. The molecule has 2 nitrogen and oxygen atoms in total. The van der Waals surface area contributed by atoms with E-state index in [2.05, 4.69) is 27.7 Å². The lowest BCUT2D eigenvalue weighted by Crippen LogP contribution is -2.16. The van der Waals surface area contributed by atoms with Crippen molar-refractivity contribution in [2.24, 2.45) is 5.92 Å². The Bertz CT molecular complexity index is 154. The van der Waals surface area contributed by atoms with Crippen molar-refractivity contribution in [3.8, 4) is 0 Å². The summed E-state index contributed by atoms with van der Waals surface area (Å²) in [4.78, 5) is 12.0. The molecule has 0 aromatic rings. The fourth-order valence-corrected chi connectivity index (χ4v) is 1.55. The van der Waals surface area contributed by atoms with Gasteiger partial charge in [0.15, 0.2) is 0 Å². The van der Waals surface area contributed by atoms with E-state index in [0.29, 0.717) is 0 Å². The SMILES string of the molecule is CC(C)C.CCCCCCCCCCN(C)C=O. The molecule has 0 bridgehead atoms. The van der Waals surface area contributed by atoms with Crippen LogP contribution in [0, 0.1) is 5.92 Å². The summed E-state index contributed by atoms with van der Waals surface area (Å²) in [6.07, 6.45) is 11.5. The normalized spacial score (nSPS) is 9.89. The number of carbonyl (C=O) groups is 1. The lowest BCUT2D eigenvalue weighted by atomic mass is 10.1. The predicted molar refractivity (Wildman–Crippen MR) is 81.8 cm³/mol. The zero-order valence-corrected chi connectivity index (χ0v) is 13.4. The quantitative estimate of drug-likeness (QED) is 0.403. The molecule has 0 radical (unpaired) electrons. The summed E-state index contributed by atoms with van der Waals surface area (Å²) < 4.78 is 0. The van der Waals surface area contributed by atoms with Crippen molar-refractivity contribution in [2.75, 3.05) is 13.6 Å². The van der Waals surface area contributed by atoms with Gasteiger partial charge in [0.05, 0.1) is 0 Å². The molecule has 0 rings (SSSR count). The maximum Gasteiger partial charge on any atom is 0.209 e. The topological polar surface area (TPSA) is 20.3 Å². The zero-order chi connectivity index (χ0) is 14.2. The van der Waals surface area contributed by atoms with Crippen LogP contribution < -0.4 is 0 Å². The lowest BCUT2D eigenvalue weighted by Gasteiger charge is -2.09. The number of hydrogen-bond donors (Lipinski definition) is 0. The van der Waals surface area contributed by atoms with Crippen molar-refractivity contribution in [2.45, 2.75) is 79.1 Å². The van der Waals surface area contributed by atoms with E-state index < -0.39 is 0 Å². The fraction of sp³-hybridized carbons (Fsp3) is 0.938. The summed E-state index contributed by atoms with van der Waals surface area (Å²) in [7, 11) is 1.84. The Balaban J connectivity index is 0. The third-order valence-corrected chi connectivity index (χ3v) is 2.54. The van der Waals surface area contributed by atoms with E-state index in [4.69, 9.17) is 0 Å². The number of amides is 1. The van der Waals surface area contributed by atoms with Gasteiger partial charge in [0, 0.05) is 13.6 Å². The van der Waals surface area contributed by atoms with Crippen LogP contribution >= 0.6 is 0 Å². The monoisotopic (exact) mass is 257 g/mol. The maximum atomic E-state index is 10.3. The van der Waals surface area contributed by atoms with Gasteiger partial charge >= 0.3 is 0 Å². The minimum absolute atomic E-state index is 0.833. The van der Waals surface area contributed by atoms with E-state index in [9.17, 15) is 4.79 Å². The first-order chi connectivity index (χ1) is 8.54. The molecule has 2 heteroatoms. The van der Waals surface area contributed by atoms with E-state index in [1.54, 1.807) is 4.90 Å². The second-order valence-electron chi connectivity index (χ2n) is 5.79. The van der Waals surface area contributed by atoms with Crippen LogP contribution in [0.4, 0.5) is 0 Å². The third kappa shape index (κ3) is 24.6. The average Bonchev–Trinajstić information content (AvgIpc) is 2.31. The number of carbonyl (C=O) groups excluding carboxylic acids is 1. The molecule has 110 valence electrons. The Kier molecular flexibility index (Phi) is 18.1. The molecule has 0 atom stereocenters. The van der Waals surface area contributed by atoms with Crippen LogP contribution in [0.5, 0.6) is 0 Å². The van der Waals surface area contributed by atoms with Gasteiger partial charge < -0.3 is 4.90 Å². The first kappa shape index (κ1) is 19.8. The van der Waals surface area contributed by atoms with Crippen LogP contribution in [-0.4, -0.2) is 24.9 Å². The summed E-state index contributed by atoms with van der Waals surface area (Å²) in [6.45, 7) is 9.66. The average molecular weight is 257 g/mol. The lowest BCUT2D eigenvalue weighted by molar-refractivity contribution is -0.117. The Morgan fingerprint density at radius 3 is 1.67 bits per heavy atom.